The van der Waals surface area contributed by atoms with Crippen LogP contribution >= 0.6 is 0 Å². The molecule has 110 valence electrons. The fraction of sp³-hybridized carbons (Fsp3) is 0.533. The SMILES string of the molecule is CN(CCc1ccccc1)CC1CCC(C(=O)NN)O1. The van der Waals surface area contributed by atoms with Gasteiger partial charge in [-0.3, -0.25) is 10.2 Å². The Morgan fingerprint density at radius 1 is 1.40 bits per heavy atom. The van der Waals surface area contributed by atoms with Crippen molar-refractivity contribution in [2.24, 2.45) is 5.84 Å². The number of carbonyl (C=O) groups is 1. The lowest BCUT2D eigenvalue weighted by Gasteiger charge is -2.21. The van der Waals surface area contributed by atoms with E-state index in [0.717, 1.165) is 32.4 Å². The molecule has 0 bridgehead atoms. The number of carbonyl (C=O) groups excluding carboxylic acids is 1. The van der Waals surface area contributed by atoms with Gasteiger partial charge in [-0.05, 0) is 31.9 Å². The fourth-order valence-electron chi connectivity index (χ4n) is 2.53. The molecule has 1 fully saturated rings. The monoisotopic (exact) mass is 277 g/mol. The molecule has 1 aromatic rings. The lowest BCUT2D eigenvalue weighted by atomic mass is 10.1. The van der Waals surface area contributed by atoms with Gasteiger partial charge in [0.15, 0.2) is 0 Å². The number of hydrogen-bond acceptors (Lipinski definition) is 4. The molecule has 5 nitrogen and oxygen atoms in total. The summed E-state index contributed by atoms with van der Waals surface area (Å²) in [6.45, 7) is 1.83. The Morgan fingerprint density at radius 2 is 2.15 bits per heavy atom. The molecule has 0 aromatic heterocycles. The summed E-state index contributed by atoms with van der Waals surface area (Å²) in [6.07, 6.45) is 2.43. The second-order valence-electron chi connectivity index (χ2n) is 5.33. The average Bonchev–Trinajstić information content (AvgIpc) is 2.94. The molecule has 0 spiro atoms. The van der Waals surface area contributed by atoms with Crippen molar-refractivity contribution in [1.82, 2.24) is 10.3 Å². The Morgan fingerprint density at radius 3 is 2.85 bits per heavy atom. The van der Waals surface area contributed by atoms with Crippen LogP contribution in [0.3, 0.4) is 0 Å². The molecular weight excluding hydrogens is 254 g/mol. The summed E-state index contributed by atoms with van der Waals surface area (Å²) in [6, 6.07) is 10.4. The molecule has 2 atom stereocenters. The van der Waals surface area contributed by atoms with Crippen molar-refractivity contribution in [3.8, 4) is 0 Å². The molecule has 0 saturated carbocycles. The van der Waals surface area contributed by atoms with Crippen LogP contribution in [-0.2, 0) is 16.0 Å². The van der Waals surface area contributed by atoms with Gasteiger partial charge in [-0.2, -0.15) is 0 Å². The molecule has 2 unspecified atom stereocenters. The summed E-state index contributed by atoms with van der Waals surface area (Å²) < 4.78 is 5.70. The largest absolute Gasteiger partial charge is 0.364 e. The third-order valence-corrected chi connectivity index (χ3v) is 3.68. The van der Waals surface area contributed by atoms with E-state index >= 15 is 0 Å². The van der Waals surface area contributed by atoms with E-state index in [-0.39, 0.29) is 18.1 Å². The molecule has 2 rings (SSSR count). The second-order valence-corrected chi connectivity index (χ2v) is 5.33. The zero-order valence-electron chi connectivity index (χ0n) is 11.9. The molecule has 3 N–H and O–H groups in total. The molecule has 5 heteroatoms. The van der Waals surface area contributed by atoms with Crippen LogP contribution < -0.4 is 11.3 Å². The van der Waals surface area contributed by atoms with Gasteiger partial charge >= 0.3 is 0 Å². The van der Waals surface area contributed by atoms with Crippen molar-refractivity contribution in [2.45, 2.75) is 31.5 Å². The number of benzene rings is 1. The zero-order valence-corrected chi connectivity index (χ0v) is 11.9. The van der Waals surface area contributed by atoms with Gasteiger partial charge in [-0.15, -0.1) is 0 Å². The Hall–Kier alpha value is -1.43. The van der Waals surface area contributed by atoms with E-state index in [4.69, 9.17) is 10.6 Å². The minimum absolute atomic E-state index is 0.123. The molecule has 1 aromatic carbocycles. The van der Waals surface area contributed by atoms with Crippen molar-refractivity contribution in [3.63, 3.8) is 0 Å². The summed E-state index contributed by atoms with van der Waals surface area (Å²) in [5.74, 6) is 4.90. The molecule has 1 aliphatic rings. The maximum absolute atomic E-state index is 11.4. The minimum atomic E-state index is -0.382. The number of hydrogen-bond donors (Lipinski definition) is 2. The van der Waals surface area contributed by atoms with E-state index in [1.54, 1.807) is 0 Å². The van der Waals surface area contributed by atoms with Crippen molar-refractivity contribution in [3.05, 3.63) is 35.9 Å². The van der Waals surface area contributed by atoms with Gasteiger partial charge in [-0.1, -0.05) is 30.3 Å². The fourth-order valence-corrected chi connectivity index (χ4v) is 2.53. The number of nitrogens with two attached hydrogens (primary N) is 1. The highest BCUT2D eigenvalue weighted by Crippen LogP contribution is 2.20. The third kappa shape index (κ3) is 4.30. The predicted octanol–water partition coefficient (Wildman–Crippen LogP) is 0.698. The standard InChI is InChI=1S/C15H23N3O2/c1-18(10-9-12-5-3-2-4-6-12)11-13-7-8-14(20-13)15(19)17-16/h2-6,13-14H,7-11,16H2,1H3,(H,17,19). The summed E-state index contributed by atoms with van der Waals surface area (Å²) >= 11 is 0. The smallest absolute Gasteiger partial charge is 0.263 e. The lowest BCUT2D eigenvalue weighted by molar-refractivity contribution is -0.132. The van der Waals surface area contributed by atoms with E-state index in [2.05, 4.69) is 41.6 Å². The van der Waals surface area contributed by atoms with Crippen molar-refractivity contribution >= 4 is 5.91 Å². The molecule has 1 saturated heterocycles. The van der Waals surface area contributed by atoms with Gasteiger partial charge in [0.1, 0.15) is 6.10 Å². The first-order valence-corrected chi connectivity index (χ1v) is 7.07. The van der Waals surface area contributed by atoms with Crippen LogP contribution in [-0.4, -0.2) is 43.2 Å². The lowest BCUT2D eigenvalue weighted by Crippen LogP contribution is -2.40. The van der Waals surface area contributed by atoms with Crippen LogP contribution in [0.4, 0.5) is 0 Å². The summed E-state index contributed by atoms with van der Waals surface area (Å²) in [4.78, 5) is 13.6. The average molecular weight is 277 g/mol. The van der Waals surface area contributed by atoms with Crippen LogP contribution in [0.25, 0.3) is 0 Å². The topological polar surface area (TPSA) is 67.6 Å². The van der Waals surface area contributed by atoms with E-state index in [1.165, 1.54) is 5.56 Å². The van der Waals surface area contributed by atoms with Gasteiger partial charge in [0.2, 0.25) is 0 Å². The Balaban J connectivity index is 1.70. The van der Waals surface area contributed by atoms with E-state index in [1.807, 2.05) is 6.07 Å². The zero-order chi connectivity index (χ0) is 14.4. The highest BCUT2D eigenvalue weighted by molar-refractivity contribution is 5.80. The highest BCUT2D eigenvalue weighted by atomic mass is 16.5. The van der Waals surface area contributed by atoms with Crippen molar-refractivity contribution in [1.29, 1.82) is 0 Å². The number of hydrazine groups is 1. The number of amides is 1. The first kappa shape index (κ1) is 15.0. The van der Waals surface area contributed by atoms with Crippen LogP contribution in [0.1, 0.15) is 18.4 Å². The van der Waals surface area contributed by atoms with E-state index in [0.29, 0.717) is 0 Å². The molecule has 1 heterocycles. The van der Waals surface area contributed by atoms with Gasteiger partial charge in [0.25, 0.3) is 5.91 Å². The molecule has 1 aliphatic heterocycles. The maximum Gasteiger partial charge on any atom is 0.263 e. The molecule has 20 heavy (non-hydrogen) atoms. The molecule has 1 amide bonds. The maximum atomic E-state index is 11.4. The van der Waals surface area contributed by atoms with Gasteiger partial charge < -0.3 is 9.64 Å². The third-order valence-electron chi connectivity index (χ3n) is 3.68. The summed E-state index contributed by atoms with van der Waals surface area (Å²) in [5.41, 5.74) is 3.49. The quantitative estimate of drug-likeness (QED) is 0.456. The number of rotatable bonds is 6. The van der Waals surface area contributed by atoms with Crippen LogP contribution in [0.2, 0.25) is 0 Å². The Labute approximate surface area is 120 Å². The first-order valence-electron chi connectivity index (χ1n) is 7.07. The molecular formula is C15H23N3O2. The van der Waals surface area contributed by atoms with Crippen LogP contribution in [0.5, 0.6) is 0 Å². The Bertz CT molecular complexity index is 424. The molecule has 0 radical (unpaired) electrons. The van der Waals surface area contributed by atoms with Crippen molar-refractivity contribution < 1.29 is 9.53 Å². The normalized spacial score (nSPS) is 22.1. The minimum Gasteiger partial charge on any atom is -0.364 e. The number of likely N-dealkylation sites (N-methyl/N-ethyl adjacent to an activating group) is 1. The van der Waals surface area contributed by atoms with Gasteiger partial charge in [0.05, 0.1) is 6.10 Å². The van der Waals surface area contributed by atoms with Gasteiger partial charge in [0, 0.05) is 13.1 Å². The van der Waals surface area contributed by atoms with Crippen LogP contribution in [0, 0.1) is 0 Å². The van der Waals surface area contributed by atoms with Crippen LogP contribution in [0.15, 0.2) is 30.3 Å². The van der Waals surface area contributed by atoms with E-state index in [9.17, 15) is 4.79 Å². The van der Waals surface area contributed by atoms with Gasteiger partial charge in [-0.25, -0.2) is 5.84 Å². The first-order chi connectivity index (χ1) is 9.69. The number of nitrogens with one attached hydrogen (secondary N) is 1. The number of nitrogens with zero attached hydrogens (tertiary/aromatic N) is 1. The second kappa shape index (κ2) is 7.38. The predicted molar refractivity (Wildman–Crippen MR) is 77.9 cm³/mol. The Kier molecular flexibility index (Phi) is 5.52. The van der Waals surface area contributed by atoms with E-state index < -0.39 is 0 Å². The summed E-state index contributed by atoms with van der Waals surface area (Å²) in [5, 5.41) is 0. The molecule has 0 aliphatic carbocycles. The van der Waals surface area contributed by atoms with Crippen molar-refractivity contribution in [2.75, 3.05) is 20.1 Å². The summed E-state index contributed by atoms with van der Waals surface area (Å²) in [7, 11) is 2.09. The highest BCUT2D eigenvalue weighted by Gasteiger charge is 2.30. The number of ether oxygens (including phenoxy) is 1.